The van der Waals surface area contributed by atoms with E-state index < -0.39 is 23.8 Å². The van der Waals surface area contributed by atoms with E-state index in [9.17, 15) is 18.7 Å². The SMILES string of the molecule is N#Cc1c(F)cccc1NCCNC(=O)NCC(O)c1cccc(F)c1. The molecule has 2 aromatic carbocycles. The van der Waals surface area contributed by atoms with Gasteiger partial charge in [0.15, 0.2) is 0 Å². The minimum absolute atomic E-state index is 0.0782. The Balaban J connectivity index is 1.71. The predicted octanol–water partition coefficient (Wildman–Crippen LogP) is 2.28. The summed E-state index contributed by atoms with van der Waals surface area (Å²) in [5, 5.41) is 26.7. The summed E-state index contributed by atoms with van der Waals surface area (Å²) < 4.78 is 26.5. The lowest BCUT2D eigenvalue weighted by molar-refractivity contribution is 0.173. The minimum atomic E-state index is -1.03. The number of carbonyl (C=O) groups excluding carboxylic acids is 1. The standard InChI is InChI=1S/C18H18F2N4O2/c19-13-4-1-3-12(9-13)17(25)11-24-18(26)23-8-7-22-16-6-2-5-15(20)14(16)10-21/h1-6,9,17,22,25H,7-8,11H2,(H2,23,24,26). The van der Waals surface area contributed by atoms with E-state index in [2.05, 4.69) is 16.0 Å². The highest BCUT2D eigenvalue weighted by Crippen LogP contribution is 2.17. The van der Waals surface area contributed by atoms with Crippen molar-refractivity contribution in [2.75, 3.05) is 25.0 Å². The molecule has 0 saturated heterocycles. The van der Waals surface area contributed by atoms with E-state index in [0.29, 0.717) is 11.3 Å². The van der Waals surface area contributed by atoms with E-state index in [0.717, 1.165) is 0 Å². The molecule has 1 unspecified atom stereocenters. The first-order valence-corrected chi connectivity index (χ1v) is 7.89. The summed E-state index contributed by atoms with van der Waals surface area (Å²) >= 11 is 0. The third kappa shape index (κ3) is 5.43. The van der Waals surface area contributed by atoms with E-state index in [-0.39, 0.29) is 25.2 Å². The van der Waals surface area contributed by atoms with Gasteiger partial charge in [-0.15, -0.1) is 0 Å². The first-order chi connectivity index (χ1) is 12.5. The fourth-order valence-corrected chi connectivity index (χ4v) is 2.24. The second-order valence-electron chi connectivity index (χ2n) is 5.41. The fourth-order valence-electron chi connectivity index (χ4n) is 2.24. The summed E-state index contributed by atoms with van der Waals surface area (Å²) in [7, 11) is 0. The number of urea groups is 1. The molecule has 2 aromatic rings. The lowest BCUT2D eigenvalue weighted by Gasteiger charge is -2.13. The lowest BCUT2D eigenvalue weighted by atomic mass is 10.1. The zero-order valence-electron chi connectivity index (χ0n) is 13.8. The number of nitrogens with zero attached hydrogens (tertiary/aromatic N) is 1. The highest BCUT2D eigenvalue weighted by atomic mass is 19.1. The number of anilines is 1. The van der Waals surface area contributed by atoms with Gasteiger partial charge in [0, 0.05) is 19.6 Å². The van der Waals surface area contributed by atoms with E-state index in [1.54, 1.807) is 18.2 Å². The van der Waals surface area contributed by atoms with Crippen LogP contribution in [0.3, 0.4) is 0 Å². The van der Waals surface area contributed by atoms with Crippen molar-refractivity contribution in [3.8, 4) is 6.07 Å². The Hall–Kier alpha value is -3.18. The predicted molar refractivity (Wildman–Crippen MR) is 92.4 cm³/mol. The number of amides is 2. The molecule has 0 heterocycles. The van der Waals surface area contributed by atoms with Crippen LogP contribution >= 0.6 is 0 Å². The van der Waals surface area contributed by atoms with Crippen molar-refractivity contribution in [1.82, 2.24) is 10.6 Å². The van der Waals surface area contributed by atoms with Gasteiger partial charge in [0.25, 0.3) is 0 Å². The van der Waals surface area contributed by atoms with Crippen LogP contribution in [0.5, 0.6) is 0 Å². The quantitative estimate of drug-likeness (QED) is 0.570. The summed E-state index contributed by atoms with van der Waals surface area (Å²) in [4.78, 5) is 11.7. The number of nitrogens with one attached hydrogen (secondary N) is 3. The molecule has 0 spiro atoms. The molecule has 0 aliphatic rings. The largest absolute Gasteiger partial charge is 0.387 e. The van der Waals surface area contributed by atoms with Gasteiger partial charge in [-0.3, -0.25) is 0 Å². The first kappa shape index (κ1) is 19.1. The van der Waals surface area contributed by atoms with Crippen molar-refractivity contribution in [3.63, 3.8) is 0 Å². The van der Waals surface area contributed by atoms with Crippen molar-refractivity contribution in [2.45, 2.75) is 6.10 Å². The van der Waals surface area contributed by atoms with Gasteiger partial charge in [-0.2, -0.15) is 5.26 Å². The van der Waals surface area contributed by atoms with Gasteiger partial charge in [0.05, 0.1) is 11.8 Å². The number of hydrogen-bond donors (Lipinski definition) is 4. The molecule has 2 amide bonds. The number of halogens is 2. The van der Waals surface area contributed by atoms with Crippen molar-refractivity contribution in [3.05, 3.63) is 65.2 Å². The smallest absolute Gasteiger partial charge is 0.314 e. The Kier molecular flexibility index (Phi) is 6.88. The highest BCUT2D eigenvalue weighted by Gasteiger charge is 2.10. The average Bonchev–Trinajstić information content (AvgIpc) is 2.63. The van der Waals surface area contributed by atoms with E-state index >= 15 is 0 Å². The molecular formula is C18H18F2N4O2. The average molecular weight is 360 g/mol. The Labute approximate surface area is 149 Å². The van der Waals surface area contributed by atoms with Crippen LogP contribution in [-0.2, 0) is 0 Å². The van der Waals surface area contributed by atoms with Crippen LogP contribution in [0.25, 0.3) is 0 Å². The molecule has 2 rings (SSSR count). The van der Waals surface area contributed by atoms with Crippen molar-refractivity contribution < 1.29 is 18.7 Å². The maximum Gasteiger partial charge on any atom is 0.314 e. The van der Waals surface area contributed by atoms with E-state index in [1.807, 2.05) is 0 Å². The number of hydrogen-bond acceptors (Lipinski definition) is 4. The maximum absolute atomic E-state index is 13.4. The Morgan fingerprint density at radius 3 is 2.65 bits per heavy atom. The topological polar surface area (TPSA) is 97.2 Å². The van der Waals surface area contributed by atoms with Gasteiger partial charge >= 0.3 is 6.03 Å². The first-order valence-electron chi connectivity index (χ1n) is 7.89. The molecule has 1 atom stereocenters. The lowest BCUT2D eigenvalue weighted by Crippen LogP contribution is -2.39. The molecule has 0 aliphatic carbocycles. The van der Waals surface area contributed by atoms with Crippen LogP contribution < -0.4 is 16.0 Å². The summed E-state index contributed by atoms with van der Waals surface area (Å²) in [6.07, 6.45) is -1.03. The molecule has 0 fully saturated rings. The van der Waals surface area contributed by atoms with Gasteiger partial charge in [0.2, 0.25) is 0 Å². The number of nitriles is 1. The van der Waals surface area contributed by atoms with E-state index in [1.165, 1.54) is 30.3 Å². The monoisotopic (exact) mass is 360 g/mol. The van der Waals surface area contributed by atoms with Crippen molar-refractivity contribution >= 4 is 11.7 Å². The van der Waals surface area contributed by atoms with Crippen LogP contribution in [0.2, 0.25) is 0 Å². The second-order valence-corrected chi connectivity index (χ2v) is 5.41. The molecule has 26 heavy (non-hydrogen) atoms. The zero-order chi connectivity index (χ0) is 18.9. The summed E-state index contributed by atoms with van der Waals surface area (Å²) in [5.74, 6) is -1.08. The normalized spacial score (nSPS) is 11.3. The molecule has 0 bridgehead atoms. The van der Waals surface area contributed by atoms with Crippen LogP contribution in [-0.4, -0.2) is 30.8 Å². The number of aliphatic hydroxyl groups excluding tert-OH is 1. The van der Waals surface area contributed by atoms with Crippen LogP contribution in [0.1, 0.15) is 17.2 Å². The maximum atomic E-state index is 13.4. The summed E-state index contributed by atoms with van der Waals surface area (Å²) in [6.45, 7) is 0.409. The molecule has 6 nitrogen and oxygen atoms in total. The van der Waals surface area contributed by atoms with Crippen LogP contribution in [0.15, 0.2) is 42.5 Å². The van der Waals surface area contributed by atoms with Gasteiger partial charge in [-0.05, 0) is 29.8 Å². The van der Waals surface area contributed by atoms with E-state index in [4.69, 9.17) is 5.26 Å². The Bertz CT molecular complexity index is 808. The van der Waals surface area contributed by atoms with Crippen molar-refractivity contribution in [2.24, 2.45) is 0 Å². The zero-order valence-corrected chi connectivity index (χ0v) is 13.8. The minimum Gasteiger partial charge on any atom is -0.387 e. The third-order valence-corrected chi connectivity index (χ3v) is 3.54. The number of aliphatic hydroxyl groups is 1. The Morgan fingerprint density at radius 2 is 1.92 bits per heavy atom. The fraction of sp³-hybridized carbons (Fsp3) is 0.222. The summed E-state index contributed by atoms with van der Waals surface area (Å²) in [6, 6.07) is 11.0. The number of carbonyl (C=O) groups is 1. The molecule has 0 saturated carbocycles. The number of benzene rings is 2. The van der Waals surface area contributed by atoms with Gasteiger partial charge in [-0.25, -0.2) is 13.6 Å². The van der Waals surface area contributed by atoms with Gasteiger partial charge < -0.3 is 21.1 Å². The third-order valence-electron chi connectivity index (χ3n) is 3.54. The molecular weight excluding hydrogens is 342 g/mol. The molecule has 0 aromatic heterocycles. The van der Waals surface area contributed by atoms with Gasteiger partial charge in [-0.1, -0.05) is 18.2 Å². The number of rotatable bonds is 7. The molecule has 0 aliphatic heterocycles. The van der Waals surface area contributed by atoms with Crippen molar-refractivity contribution in [1.29, 1.82) is 5.26 Å². The van der Waals surface area contributed by atoms with Crippen LogP contribution in [0.4, 0.5) is 19.3 Å². The molecule has 8 heteroatoms. The highest BCUT2D eigenvalue weighted by molar-refractivity contribution is 5.73. The molecule has 136 valence electrons. The summed E-state index contributed by atoms with van der Waals surface area (Å²) in [5.41, 5.74) is 0.619. The molecule has 0 radical (unpaired) electrons. The second kappa shape index (κ2) is 9.34. The van der Waals surface area contributed by atoms with Crippen LogP contribution in [0, 0.1) is 23.0 Å². The molecule has 4 N–H and O–H groups in total. The van der Waals surface area contributed by atoms with Gasteiger partial charge in [0.1, 0.15) is 23.3 Å². The Morgan fingerprint density at radius 1 is 1.15 bits per heavy atom.